The van der Waals surface area contributed by atoms with Gasteiger partial charge in [0.2, 0.25) is 0 Å². The number of hydrogen-bond acceptors (Lipinski definition) is 5. The summed E-state index contributed by atoms with van der Waals surface area (Å²) in [6.07, 6.45) is 2.29. The summed E-state index contributed by atoms with van der Waals surface area (Å²) in [5, 5.41) is 1.27. The summed E-state index contributed by atoms with van der Waals surface area (Å²) >= 11 is 7.53. The van der Waals surface area contributed by atoms with Gasteiger partial charge >= 0.3 is 0 Å². The second kappa shape index (κ2) is 7.66. The van der Waals surface area contributed by atoms with Crippen molar-refractivity contribution in [2.24, 2.45) is 0 Å². The molecule has 4 rings (SSSR count). The summed E-state index contributed by atoms with van der Waals surface area (Å²) in [6.45, 7) is 2.47. The van der Waals surface area contributed by atoms with Gasteiger partial charge in [-0.3, -0.25) is 14.2 Å². The molecule has 1 amide bonds. The lowest BCUT2D eigenvalue weighted by Crippen LogP contribution is -2.35. The van der Waals surface area contributed by atoms with E-state index < -0.39 is 0 Å². The number of hydrogen-bond donors (Lipinski definition) is 0. The molecule has 0 saturated heterocycles. The Labute approximate surface area is 172 Å². The van der Waals surface area contributed by atoms with E-state index in [0.717, 1.165) is 27.2 Å². The monoisotopic (exact) mass is 416 g/mol. The van der Waals surface area contributed by atoms with Crippen LogP contribution in [0, 0.1) is 0 Å². The van der Waals surface area contributed by atoms with Gasteiger partial charge in [0, 0.05) is 35.1 Å². The first kappa shape index (κ1) is 19.1. The summed E-state index contributed by atoms with van der Waals surface area (Å²) in [5.41, 5.74) is 1.65. The minimum Gasteiger partial charge on any atom is -0.333 e. The lowest BCUT2D eigenvalue weighted by Gasteiger charge is -2.27. The van der Waals surface area contributed by atoms with Crippen LogP contribution in [0.1, 0.15) is 20.8 Å². The number of likely N-dealkylation sites (N-methyl/N-ethyl adjacent to an activating group) is 1. The fourth-order valence-corrected chi connectivity index (χ4v) is 4.85. The zero-order valence-electron chi connectivity index (χ0n) is 15.8. The number of carbonyl (C=O) groups excluding carboxylic acids is 1. The van der Waals surface area contributed by atoms with E-state index in [1.165, 1.54) is 11.3 Å². The van der Waals surface area contributed by atoms with Crippen LogP contribution in [0.15, 0.2) is 35.4 Å². The van der Waals surface area contributed by atoms with Gasteiger partial charge in [0.15, 0.2) is 0 Å². The number of halogens is 1. The van der Waals surface area contributed by atoms with Crippen molar-refractivity contribution in [3.8, 4) is 0 Å². The lowest BCUT2D eigenvalue weighted by molar-refractivity contribution is 0.0737. The van der Waals surface area contributed by atoms with Crippen molar-refractivity contribution >= 4 is 39.1 Å². The third-order valence-corrected chi connectivity index (χ3v) is 6.33. The van der Waals surface area contributed by atoms with E-state index in [0.29, 0.717) is 36.6 Å². The van der Waals surface area contributed by atoms with E-state index in [-0.39, 0.29) is 11.5 Å². The SMILES string of the molecule is CN(C)CCn1cnc2sc3c(c2c1=O)CCN(C(=O)c1cccc(Cl)c1)C3. The smallest absolute Gasteiger partial charge is 0.262 e. The van der Waals surface area contributed by atoms with E-state index in [9.17, 15) is 9.59 Å². The Bertz CT molecular complexity index is 1110. The Kier molecular flexibility index (Phi) is 5.23. The molecule has 28 heavy (non-hydrogen) atoms. The Balaban J connectivity index is 1.64. The van der Waals surface area contributed by atoms with Crippen LogP contribution in [-0.2, 0) is 19.5 Å². The molecule has 0 bridgehead atoms. The van der Waals surface area contributed by atoms with Crippen LogP contribution in [-0.4, -0.2) is 52.4 Å². The maximum absolute atomic E-state index is 13.0. The number of thiophene rings is 1. The maximum Gasteiger partial charge on any atom is 0.262 e. The summed E-state index contributed by atoms with van der Waals surface area (Å²) in [7, 11) is 3.96. The highest BCUT2D eigenvalue weighted by atomic mass is 35.5. The first-order valence-corrected chi connectivity index (χ1v) is 10.3. The van der Waals surface area contributed by atoms with Crippen molar-refractivity contribution in [1.82, 2.24) is 19.4 Å². The molecule has 6 nitrogen and oxygen atoms in total. The largest absolute Gasteiger partial charge is 0.333 e. The molecule has 3 aromatic rings. The van der Waals surface area contributed by atoms with Gasteiger partial charge in [0.05, 0.1) is 18.3 Å². The molecule has 0 unspecified atom stereocenters. The number of fused-ring (bicyclic) bond motifs is 3. The van der Waals surface area contributed by atoms with Crippen molar-refractivity contribution in [3.63, 3.8) is 0 Å². The summed E-state index contributed by atoms with van der Waals surface area (Å²) in [4.78, 5) is 36.0. The molecule has 3 heterocycles. The Hall–Kier alpha value is -2.22. The van der Waals surface area contributed by atoms with Crippen LogP contribution in [0.4, 0.5) is 0 Å². The molecule has 1 aliphatic heterocycles. The zero-order chi connectivity index (χ0) is 19.8. The maximum atomic E-state index is 13.0. The zero-order valence-corrected chi connectivity index (χ0v) is 17.4. The molecule has 8 heteroatoms. The van der Waals surface area contributed by atoms with Gasteiger partial charge in [-0.2, -0.15) is 0 Å². The Morgan fingerprint density at radius 2 is 2.18 bits per heavy atom. The Morgan fingerprint density at radius 3 is 2.93 bits per heavy atom. The van der Waals surface area contributed by atoms with Crippen LogP contribution < -0.4 is 5.56 Å². The van der Waals surface area contributed by atoms with E-state index in [1.807, 2.05) is 23.9 Å². The topological polar surface area (TPSA) is 58.4 Å². The van der Waals surface area contributed by atoms with E-state index in [2.05, 4.69) is 4.98 Å². The van der Waals surface area contributed by atoms with Crippen LogP contribution >= 0.6 is 22.9 Å². The van der Waals surface area contributed by atoms with E-state index >= 15 is 0 Å². The third-order valence-electron chi connectivity index (χ3n) is 4.97. The van der Waals surface area contributed by atoms with Gasteiger partial charge in [0.25, 0.3) is 11.5 Å². The summed E-state index contributed by atoms with van der Waals surface area (Å²) in [5.74, 6) is -0.0399. The number of benzene rings is 1. The molecule has 0 atom stereocenters. The van der Waals surface area contributed by atoms with Crippen molar-refractivity contribution in [1.29, 1.82) is 0 Å². The van der Waals surface area contributed by atoms with Gasteiger partial charge in [-0.15, -0.1) is 11.3 Å². The number of carbonyl (C=O) groups is 1. The van der Waals surface area contributed by atoms with E-state index in [1.54, 1.807) is 35.2 Å². The second-order valence-corrected chi connectivity index (χ2v) is 8.74. The minimum atomic E-state index is -0.0399. The van der Waals surface area contributed by atoms with Crippen molar-refractivity contribution in [2.75, 3.05) is 27.2 Å². The first-order valence-electron chi connectivity index (χ1n) is 9.13. The lowest BCUT2D eigenvalue weighted by atomic mass is 10.0. The molecule has 0 fully saturated rings. The molecule has 2 aromatic heterocycles. The predicted octanol–water partition coefficient (Wildman–Crippen LogP) is 2.87. The summed E-state index contributed by atoms with van der Waals surface area (Å²) in [6, 6.07) is 7.01. The highest BCUT2D eigenvalue weighted by Crippen LogP contribution is 2.32. The highest BCUT2D eigenvalue weighted by molar-refractivity contribution is 7.18. The molecule has 1 aromatic carbocycles. The minimum absolute atomic E-state index is 0.0129. The number of nitrogens with zero attached hydrogens (tertiary/aromatic N) is 4. The fraction of sp³-hybridized carbons (Fsp3) is 0.350. The summed E-state index contributed by atoms with van der Waals surface area (Å²) < 4.78 is 1.68. The van der Waals surface area contributed by atoms with Gasteiger partial charge in [-0.05, 0) is 44.3 Å². The number of rotatable bonds is 4. The Morgan fingerprint density at radius 1 is 1.36 bits per heavy atom. The van der Waals surface area contributed by atoms with Crippen LogP contribution in [0.5, 0.6) is 0 Å². The molecule has 0 radical (unpaired) electrons. The third kappa shape index (κ3) is 3.57. The van der Waals surface area contributed by atoms with Crippen molar-refractivity contribution in [3.05, 3.63) is 62.0 Å². The highest BCUT2D eigenvalue weighted by Gasteiger charge is 2.27. The molecule has 0 saturated carbocycles. The average Bonchev–Trinajstić information content (AvgIpc) is 3.05. The van der Waals surface area contributed by atoms with Gasteiger partial charge < -0.3 is 9.80 Å². The standard InChI is InChI=1S/C20H21ClN4O2S/c1-23(2)8-9-25-12-22-18-17(20(25)27)15-6-7-24(11-16(15)28-18)19(26)13-4-3-5-14(21)10-13/h3-5,10,12H,6-9,11H2,1-2H3. The predicted molar refractivity (Wildman–Crippen MR) is 112 cm³/mol. The fourth-order valence-electron chi connectivity index (χ4n) is 3.46. The molecule has 146 valence electrons. The molecular weight excluding hydrogens is 396 g/mol. The average molecular weight is 417 g/mol. The van der Waals surface area contributed by atoms with E-state index in [4.69, 9.17) is 11.6 Å². The normalized spacial score (nSPS) is 13.9. The molecule has 1 aliphatic rings. The number of amides is 1. The second-order valence-electron chi connectivity index (χ2n) is 7.22. The van der Waals surface area contributed by atoms with Crippen LogP contribution in [0.3, 0.4) is 0 Å². The molecule has 0 N–H and O–H groups in total. The van der Waals surface area contributed by atoms with Gasteiger partial charge in [-0.1, -0.05) is 17.7 Å². The quantitative estimate of drug-likeness (QED) is 0.656. The number of aromatic nitrogens is 2. The van der Waals surface area contributed by atoms with Crippen molar-refractivity contribution < 1.29 is 4.79 Å². The van der Waals surface area contributed by atoms with Gasteiger partial charge in [0.1, 0.15) is 4.83 Å². The van der Waals surface area contributed by atoms with Crippen LogP contribution in [0.2, 0.25) is 5.02 Å². The van der Waals surface area contributed by atoms with Crippen LogP contribution in [0.25, 0.3) is 10.2 Å². The first-order chi connectivity index (χ1) is 13.4. The molecule has 0 spiro atoms. The molecular formula is C20H21ClN4O2S. The van der Waals surface area contributed by atoms with Gasteiger partial charge in [-0.25, -0.2) is 4.98 Å². The van der Waals surface area contributed by atoms with Crippen molar-refractivity contribution in [2.45, 2.75) is 19.5 Å². The molecule has 0 aliphatic carbocycles.